The molecular formula is C18H21BrN2O2. The number of amides is 1. The lowest BCUT2D eigenvalue weighted by Gasteiger charge is -2.08. The van der Waals surface area contributed by atoms with E-state index in [0.717, 1.165) is 33.6 Å². The van der Waals surface area contributed by atoms with Crippen molar-refractivity contribution in [1.82, 2.24) is 5.32 Å². The fourth-order valence-corrected chi connectivity index (χ4v) is 2.37. The van der Waals surface area contributed by atoms with Crippen molar-refractivity contribution in [2.45, 2.75) is 19.9 Å². The van der Waals surface area contributed by atoms with Gasteiger partial charge in [0.05, 0.1) is 7.11 Å². The lowest BCUT2D eigenvalue weighted by atomic mass is 10.2. The molecule has 2 aromatic rings. The Hall–Kier alpha value is -1.85. The molecule has 1 amide bonds. The van der Waals surface area contributed by atoms with E-state index in [4.69, 9.17) is 4.74 Å². The standard InChI is InChI=1S/C18H21BrN2O2/c1-13-11-15(5-8-17(13)19)21-18(22)9-10-20-12-14-3-6-16(23-2)7-4-14/h3-8,11,20H,9-10,12H2,1-2H3,(H,21,22). The number of hydrogen-bond donors (Lipinski definition) is 2. The Labute approximate surface area is 145 Å². The minimum absolute atomic E-state index is 0.00829. The third-order valence-electron chi connectivity index (χ3n) is 3.46. The van der Waals surface area contributed by atoms with Gasteiger partial charge in [0.15, 0.2) is 0 Å². The molecule has 2 N–H and O–H groups in total. The number of rotatable bonds is 7. The van der Waals surface area contributed by atoms with Crippen LogP contribution < -0.4 is 15.4 Å². The Bertz CT molecular complexity index is 657. The number of carbonyl (C=O) groups is 1. The second kappa shape index (κ2) is 8.70. The van der Waals surface area contributed by atoms with E-state index in [0.29, 0.717) is 13.0 Å². The van der Waals surface area contributed by atoms with Crippen molar-refractivity contribution in [3.05, 3.63) is 58.1 Å². The molecule has 0 saturated carbocycles. The summed E-state index contributed by atoms with van der Waals surface area (Å²) in [6.07, 6.45) is 0.436. The zero-order valence-electron chi connectivity index (χ0n) is 13.4. The Balaban J connectivity index is 1.70. The van der Waals surface area contributed by atoms with Gasteiger partial charge >= 0.3 is 0 Å². The summed E-state index contributed by atoms with van der Waals surface area (Å²) in [5.41, 5.74) is 3.08. The average molecular weight is 377 g/mol. The van der Waals surface area contributed by atoms with E-state index < -0.39 is 0 Å². The zero-order valence-corrected chi connectivity index (χ0v) is 14.9. The maximum atomic E-state index is 11.9. The topological polar surface area (TPSA) is 50.4 Å². The number of benzene rings is 2. The molecule has 2 aromatic carbocycles. The maximum Gasteiger partial charge on any atom is 0.225 e. The number of ether oxygens (including phenoxy) is 1. The van der Waals surface area contributed by atoms with E-state index in [1.165, 1.54) is 0 Å². The minimum Gasteiger partial charge on any atom is -0.497 e. The largest absolute Gasteiger partial charge is 0.497 e. The van der Waals surface area contributed by atoms with E-state index in [-0.39, 0.29) is 5.91 Å². The minimum atomic E-state index is 0.00829. The van der Waals surface area contributed by atoms with Gasteiger partial charge in [0.2, 0.25) is 5.91 Å². The van der Waals surface area contributed by atoms with E-state index in [9.17, 15) is 4.79 Å². The second-order valence-electron chi connectivity index (χ2n) is 5.29. The molecule has 122 valence electrons. The molecule has 5 heteroatoms. The third-order valence-corrected chi connectivity index (χ3v) is 4.35. The molecule has 0 fully saturated rings. The first-order valence-corrected chi connectivity index (χ1v) is 8.27. The van der Waals surface area contributed by atoms with Crippen LogP contribution in [0.1, 0.15) is 17.5 Å². The van der Waals surface area contributed by atoms with Crippen LogP contribution in [0.2, 0.25) is 0 Å². The van der Waals surface area contributed by atoms with E-state index in [1.54, 1.807) is 7.11 Å². The van der Waals surface area contributed by atoms with Crippen molar-refractivity contribution in [3.63, 3.8) is 0 Å². The number of anilines is 1. The SMILES string of the molecule is COc1ccc(CNCCC(=O)Nc2ccc(Br)c(C)c2)cc1. The van der Waals surface area contributed by atoms with Crippen molar-refractivity contribution in [1.29, 1.82) is 0 Å². The van der Waals surface area contributed by atoms with Crippen LogP contribution in [0.5, 0.6) is 5.75 Å². The highest BCUT2D eigenvalue weighted by molar-refractivity contribution is 9.10. The van der Waals surface area contributed by atoms with Crippen molar-refractivity contribution < 1.29 is 9.53 Å². The number of halogens is 1. The van der Waals surface area contributed by atoms with Crippen LogP contribution in [0.3, 0.4) is 0 Å². The van der Waals surface area contributed by atoms with Gasteiger partial charge in [0, 0.05) is 29.7 Å². The third kappa shape index (κ3) is 5.69. The van der Waals surface area contributed by atoms with Gasteiger partial charge in [0.25, 0.3) is 0 Å². The molecular weight excluding hydrogens is 356 g/mol. The van der Waals surface area contributed by atoms with Crippen LogP contribution in [-0.2, 0) is 11.3 Å². The van der Waals surface area contributed by atoms with Gasteiger partial charge < -0.3 is 15.4 Å². The number of hydrogen-bond acceptors (Lipinski definition) is 3. The molecule has 0 aliphatic rings. The molecule has 0 radical (unpaired) electrons. The molecule has 0 atom stereocenters. The van der Waals surface area contributed by atoms with Gasteiger partial charge in [0.1, 0.15) is 5.75 Å². The van der Waals surface area contributed by atoms with Gasteiger partial charge in [-0.05, 0) is 48.4 Å². The second-order valence-corrected chi connectivity index (χ2v) is 6.14. The Kier molecular flexibility index (Phi) is 6.62. The summed E-state index contributed by atoms with van der Waals surface area (Å²) in [6.45, 7) is 3.36. The van der Waals surface area contributed by atoms with Crippen LogP contribution in [0.25, 0.3) is 0 Å². The molecule has 0 bridgehead atoms. The van der Waals surface area contributed by atoms with Crippen LogP contribution in [0.4, 0.5) is 5.69 Å². The highest BCUT2D eigenvalue weighted by Crippen LogP contribution is 2.20. The number of aryl methyl sites for hydroxylation is 1. The van der Waals surface area contributed by atoms with E-state index in [2.05, 4.69) is 26.6 Å². The molecule has 4 nitrogen and oxygen atoms in total. The monoisotopic (exact) mass is 376 g/mol. The number of carbonyl (C=O) groups excluding carboxylic acids is 1. The van der Waals surface area contributed by atoms with Crippen molar-refractivity contribution in [3.8, 4) is 5.75 Å². The first kappa shape index (κ1) is 17.5. The normalized spacial score (nSPS) is 10.4. The average Bonchev–Trinajstić information content (AvgIpc) is 2.55. The summed E-state index contributed by atoms with van der Waals surface area (Å²) >= 11 is 3.45. The van der Waals surface area contributed by atoms with Gasteiger partial charge in [-0.2, -0.15) is 0 Å². The van der Waals surface area contributed by atoms with Gasteiger partial charge in [-0.1, -0.05) is 28.1 Å². The molecule has 0 saturated heterocycles. The van der Waals surface area contributed by atoms with Crippen LogP contribution in [0.15, 0.2) is 46.9 Å². The van der Waals surface area contributed by atoms with Crippen molar-refractivity contribution in [2.24, 2.45) is 0 Å². The van der Waals surface area contributed by atoms with E-state index in [1.807, 2.05) is 49.4 Å². The van der Waals surface area contributed by atoms with Gasteiger partial charge in [-0.3, -0.25) is 4.79 Å². The predicted molar refractivity (Wildman–Crippen MR) is 96.8 cm³/mol. The number of nitrogens with one attached hydrogen (secondary N) is 2. The molecule has 0 aromatic heterocycles. The van der Waals surface area contributed by atoms with Crippen LogP contribution >= 0.6 is 15.9 Å². The summed E-state index contributed by atoms with van der Waals surface area (Å²) < 4.78 is 6.16. The molecule has 23 heavy (non-hydrogen) atoms. The fourth-order valence-electron chi connectivity index (χ4n) is 2.12. The first-order valence-electron chi connectivity index (χ1n) is 7.48. The fraction of sp³-hybridized carbons (Fsp3) is 0.278. The van der Waals surface area contributed by atoms with Crippen LogP contribution in [-0.4, -0.2) is 19.6 Å². The molecule has 0 heterocycles. The first-order chi connectivity index (χ1) is 11.1. The lowest BCUT2D eigenvalue weighted by molar-refractivity contribution is -0.116. The van der Waals surface area contributed by atoms with E-state index >= 15 is 0 Å². The summed E-state index contributed by atoms with van der Waals surface area (Å²) in [4.78, 5) is 11.9. The van der Waals surface area contributed by atoms with Crippen molar-refractivity contribution in [2.75, 3.05) is 19.0 Å². The lowest BCUT2D eigenvalue weighted by Crippen LogP contribution is -2.21. The molecule has 0 unspecified atom stereocenters. The smallest absolute Gasteiger partial charge is 0.225 e. The Morgan fingerprint density at radius 3 is 2.57 bits per heavy atom. The highest BCUT2D eigenvalue weighted by atomic mass is 79.9. The molecule has 0 aliphatic heterocycles. The summed E-state index contributed by atoms with van der Waals surface area (Å²) in [5, 5.41) is 6.17. The number of methoxy groups -OCH3 is 1. The summed E-state index contributed by atoms with van der Waals surface area (Å²) in [5.74, 6) is 0.854. The predicted octanol–water partition coefficient (Wildman–Crippen LogP) is 3.88. The quantitative estimate of drug-likeness (QED) is 0.720. The van der Waals surface area contributed by atoms with Crippen LogP contribution in [0, 0.1) is 6.92 Å². The zero-order chi connectivity index (χ0) is 16.7. The summed E-state index contributed by atoms with van der Waals surface area (Å²) in [6, 6.07) is 13.7. The highest BCUT2D eigenvalue weighted by Gasteiger charge is 2.03. The van der Waals surface area contributed by atoms with Gasteiger partial charge in [-0.25, -0.2) is 0 Å². The summed E-state index contributed by atoms with van der Waals surface area (Å²) in [7, 11) is 1.65. The van der Waals surface area contributed by atoms with Crippen molar-refractivity contribution >= 4 is 27.5 Å². The molecule has 2 rings (SSSR count). The molecule has 0 spiro atoms. The Morgan fingerprint density at radius 1 is 1.17 bits per heavy atom. The maximum absolute atomic E-state index is 11.9. The van der Waals surface area contributed by atoms with Gasteiger partial charge in [-0.15, -0.1) is 0 Å². The Morgan fingerprint density at radius 2 is 1.91 bits per heavy atom. The molecule has 0 aliphatic carbocycles.